The van der Waals surface area contributed by atoms with Crippen molar-refractivity contribution in [1.29, 1.82) is 0 Å². The van der Waals surface area contributed by atoms with Crippen LogP contribution in [0.1, 0.15) is 6.42 Å². The number of benzene rings is 2. The van der Waals surface area contributed by atoms with Crippen LogP contribution in [0.25, 0.3) is 10.9 Å². The highest BCUT2D eigenvalue weighted by Crippen LogP contribution is 2.38. The summed E-state index contributed by atoms with van der Waals surface area (Å²) < 4.78 is 27.0. The standard InChI is InChI=1S/C21H21BrFN5O2/c22-15-3-1-4-16(20(15)23)27-21-14-7-19-18(8-17(14)25-11-26-21)29-10-13(30-19)9-28-6-2-5-24-12-28/h1,3-4,7-8,11,13,24H,2,5-6,9-10,12H2,(H,25,26,27). The van der Waals surface area contributed by atoms with Crippen molar-refractivity contribution in [2.75, 3.05) is 38.2 Å². The first-order chi connectivity index (χ1) is 14.7. The molecule has 2 N–H and O–H groups in total. The average Bonchev–Trinajstić information content (AvgIpc) is 2.76. The highest BCUT2D eigenvalue weighted by Gasteiger charge is 2.25. The first kappa shape index (κ1) is 19.5. The SMILES string of the molecule is Fc1c(Br)cccc1Nc1ncnc2cc3c(cc12)OC(CN1CCCNC1)CO3. The number of nitrogens with zero attached hydrogens (tertiary/aromatic N) is 3. The Morgan fingerprint density at radius 1 is 1.27 bits per heavy atom. The molecule has 1 fully saturated rings. The quantitative estimate of drug-likeness (QED) is 0.598. The van der Waals surface area contributed by atoms with E-state index < -0.39 is 0 Å². The summed E-state index contributed by atoms with van der Waals surface area (Å²) in [4.78, 5) is 11.0. The van der Waals surface area contributed by atoms with Gasteiger partial charge in [-0.1, -0.05) is 6.07 Å². The predicted octanol–water partition coefficient (Wildman–Crippen LogP) is 3.67. The predicted molar refractivity (Wildman–Crippen MR) is 116 cm³/mol. The molecule has 2 aromatic carbocycles. The third kappa shape index (κ3) is 3.92. The van der Waals surface area contributed by atoms with Crippen molar-refractivity contribution in [1.82, 2.24) is 20.2 Å². The summed E-state index contributed by atoms with van der Waals surface area (Å²) >= 11 is 3.21. The van der Waals surface area contributed by atoms with E-state index in [9.17, 15) is 4.39 Å². The fourth-order valence-electron chi connectivity index (χ4n) is 3.77. The van der Waals surface area contributed by atoms with Gasteiger partial charge in [-0.05, 0) is 47.1 Å². The summed E-state index contributed by atoms with van der Waals surface area (Å²) in [6.45, 7) is 4.27. The van der Waals surface area contributed by atoms with Gasteiger partial charge < -0.3 is 20.1 Å². The molecule has 0 aliphatic carbocycles. The van der Waals surface area contributed by atoms with E-state index >= 15 is 0 Å². The lowest BCUT2D eigenvalue weighted by Crippen LogP contribution is -2.48. The Hall–Kier alpha value is -2.49. The van der Waals surface area contributed by atoms with Gasteiger partial charge in [-0.15, -0.1) is 0 Å². The van der Waals surface area contributed by atoms with Crippen LogP contribution in [0.15, 0.2) is 41.1 Å². The number of aromatic nitrogens is 2. The second kappa shape index (κ2) is 8.33. The summed E-state index contributed by atoms with van der Waals surface area (Å²) in [5.41, 5.74) is 1.03. The maximum atomic E-state index is 14.4. The van der Waals surface area contributed by atoms with Gasteiger partial charge in [-0.2, -0.15) is 0 Å². The zero-order valence-electron chi connectivity index (χ0n) is 16.2. The first-order valence-corrected chi connectivity index (χ1v) is 10.7. The number of ether oxygens (including phenoxy) is 2. The number of nitrogens with one attached hydrogen (secondary N) is 2. The minimum atomic E-state index is -0.378. The zero-order chi connectivity index (χ0) is 20.5. The van der Waals surface area contributed by atoms with E-state index in [1.54, 1.807) is 18.2 Å². The van der Waals surface area contributed by atoms with Gasteiger partial charge in [0.1, 0.15) is 24.9 Å². The lowest BCUT2D eigenvalue weighted by Gasteiger charge is -2.33. The number of hydrogen-bond acceptors (Lipinski definition) is 7. The number of rotatable bonds is 4. The third-order valence-electron chi connectivity index (χ3n) is 5.25. The van der Waals surface area contributed by atoms with E-state index in [-0.39, 0.29) is 11.9 Å². The monoisotopic (exact) mass is 473 g/mol. The summed E-state index contributed by atoms with van der Waals surface area (Å²) in [5.74, 6) is 1.44. The molecule has 0 bridgehead atoms. The van der Waals surface area contributed by atoms with Crippen molar-refractivity contribution in [2.24, 2.45) is 0 Å². The largest absolute Gasteiger partial charge is 0.486 e. The molecule has 30 heavy (non-hydrogen) atoms. The van der Waals surface area contributed by atoms with Gasteiger partial charge in [0, 0.05) is 31.2 Å². The third-order valence-corrected chi connectivity index (χ3v) is 5.86. The van der Waals surface area contributed by atoms with Crippen LogP contribution in [0, 0.1) is 5.82 Å². The van der Waals surface area contributed by atoms with Crippen molar-refractivity contribution in [3.05, 3.63) is 46.9 Å². The summed E-state index contributed by atoms with van der Waals surface area (Å²) in [7, 11) is 0. The van der Waals surface area contributed by atoms with Gasteiger partial charge in [0.2, 0.25) is 0 Å². The van der Waals surface area contributed by atoms with Crippen molar-refractivity contribution in [3.63, 3.8) is 0 Å². The molecular weight excluding hydrogens is 453 g/mol. The molecule has 0 spiro atoms. The maximum Gasteiger partial charge on any atom is 0.163 e. The van der Waals surface area contributed by atoms with Gasteiger partial charge in [-0.25, -0.2) is 14.4 Å². The van der Waals surface area contributed by atoms with Gasteiger partial charge in [-0.3, -0.25) is 4.90 Å². The Kier molecular flexibility index (Phi) is 5.41. The molecule has 1 aromatic heterocycles. The molecule has 156 valence electrons. The van der Waals surface area contributed by atoms with Crippen molar-refractivity contribution in [2.45, 2.75) is 12.5 Å². The second-order valence-electron chi connectivity index (χ2n) is 7.40. The Balaban J connectivity index is 1.42. The fraction of sp³-hybridized carbons (Fsp3) is 0.333. The van der Waals surface area contributed by atoms with Gasteiger partial charge in [0.25, 0.3) is 0 Å². The van der Waals surface area contributed by atoms with E-state index in [0.717, 1.165) is 38.1 Å². The van der Waals surface area contributed by atoms with Crippen LogP contribution in [0.4, 0.5) is 15.9 Å². The Bertz CT molecular complexity index is 1080. The molecule has 7 nitrogen and oxygen atoms in total. The molecule has 2 aliphatic heterocycles. The highest BCUT2D eigenvalue weighted by atomic mass is 79.9. The van der Waals surface area contributed by atoms with Crippen LogP contribution in [0.3, 0.4) is 0 Å². The highest BCUT2D eigenvalue weighted by molar-refractivity contribution is 9.10. The van der Waals surface area contributed by atoms with Gasteiger partial charge in [0.05, 0.1) is 15.7 Å². The number of fused-ring (bicyclic) bond motifs is 2. The number of halogens is 2. The molecule has 3 heterocycles. The molecule has 5 rings (SSSR count). The topological polar surface area (TPSA) is 71.5 Å². The molecule has 9 heteroatoms. The van der Waals surface area contributed by atoms with E-state index in [2.05, 4.69) is 41.4 Å². The summed E-state index contributed by atoms with van der Waals surface area (Å²) in [6, 6.07) is 8.78. The van der Waals surface area contributed by atoms with Gasteiger partial charge in [0.15, 0.2) is 17.3 Å². The van der Waals surface area contributed by atoms with Crippen molar-refractivity contribution in [3.8, 4) is 11.5 Å². The van der Waals surface area contributed by atoms with E-state index in [1.807, 2.05) is 12.1 Å². The van der Waals surface area contributed by atoms with Crippen LogP contribution >= 0.6 is 15.9 Å². The van der Waals surface area contributed by atoms with Crippen LogP contribution in [0.5, 0.6) is 11.5 Å². The Labute approximate surface area is 181 Å². The molecule has 1 saturated heterocycles. The molecule has 0 saturated carbocycles. The zero-order valence-corrected chi connectivity index (χ0v) is 17.8. The van der Waals surface area contributed by atoms with E-state index in [4.69, 9.17) is 9.47 Å². The minimum Gasteiger partial charge on any atom is -0.486 e. The maximum absolute atomic E-state index is 14.4. The van der Waals surface area contributed by atoms with E-state index in [0.29, 0.717) is 39.6 Å². The molecule has 1 atom stereocenters. The summed E-state index contributed by atoms with van der Waals surface area (Å²) in [6.07, 6.45) is 2.52. The molecule has 3 aromatic rings. The minimum absolute atomic E-state index is 0.0570. The number of anilines is 2. The van der Waals surface area contributed by atoms with E-state index in [1.165, 1.54) is 6.33 Å². The fourth-order valence-corrected chi connectivity index (χ4v) is 4.14. The first-order valence-electron chi connectivity index (χ1n) is 9.90. The smallest absolute Gasteiger partial charge is 0.163 e. The van der Waals surface area contributed by atoms with Crippen LogP contribution in [-0.2, 0) is 0 Å². The Morgan fingerprint density at radius 3 is 3.07 bits per heavy atom. The lowest BCUT2D eigenvalue weighted by molar-refractivity contribution is 0.0514. The van der Waals surface area contributed by atoms with Crippen LogP contribution < -0.4 is 20.1 Å². The normalized spacial score (nSPS) is 19.1. The molecular formula is C21H21BrFN5O2. The molecule has 2 aliphatic rings. The Morgan fingerprint density at radius 2 is 2.20 bits per heavy atom. The van der Waals surface area contributed by atoms with Gasteiger partial charge >= 0.3 is 0 Å². The van der Waals surface area contributed by atoms with Crippen LogP contribution in [-0.4, -0.2) is 53.9 Å². The van der Waals surface area contributed by atoms with Crippen molar-refractivity contribution >= 4 is 38.3 Å². The second-order valence-corrected chi connectivity index (χ2v) is 8.26. The average molecular weight is 474 g/mol. The lowest BCUT2D eigenvalue weighted by atomic mass is 10.1. The molecule has 0 radical (unpaired) electrons. The summed E-state index contributed by atoms with van der Waals surface area (Å²) in [5, 5.41) is 7.18. The number of hydrogen-bond donors (Lipinski definition) is 2. The van der Waals surface area contributed by atoms with Crippen LogP contribution in [0.2, 0.25) is 0 Å². The van der Waals surface area contributed by atoms with Crippen molar-refractivity contribution < 1.29 is 13.9 Å². The molecule has 0 amide bonds. The molecule has 1 unspecified atom stereocenters.